The number of carboxylic acids is 1. The molecular weight excluding hydrogens is 286 g/mol. The van der Waals surface area contributed by atoms with E-state index in [9.17, 15) is 9.59 Å². The monoisotopic (exact) mass is 301 g/mol. The molecule has 0 aromatic heterocycles. The molecule has 0 spiro atoms. The Kier molecular flexibility index (Phi) is 5.69. The lowest BCUT2D eigenvalue weighted by atomic mass is 10.1. The number of benzene rings is 1. The van der Waals surface area contributed by atoms with Gasteiger partial charge in [0.2, 0.25) is 5.91 Å². The van der Waals surface area contributed by atoms with Crippen molar-refractivity contribution in [3.05, 3.63) is 34.3 Å². The third-order valence-electron chi connectivity index (χ3n) is 2.60. The van der Waals surface area contributed by atoms with Gasteiger partial charge in [-0.25, -0.2) is 0 Å². The van der Waals surface area contributed by atoms with Crippen LogP contribution < -0.4 is 5.73 Å². The Morgan fingerprint density at radius 1 is 1.42 bits per heavy atom. The number of hydrogen-bond acceptors (Lipinski definition) is 3. The Morgan fingerprint density at radius 2 is 2.05 bits per heavy atom. The summed E-state index contributed by atoms with van der Waals surface area (Å²) in [6.45, 7) is 3.73. The Hall–Kier alpha value is -1.20. The summed E-state index contributed by atoms with van der Waals surface area (Å²) in [5, 5.41) is 9.04. The van der Waals surface area contributed by atoms with E-state index in [-0.39, 0.29) is 5.92 Å². The minimum Gasteiger partial charge on any atom is -0.480 e. The van der Waals surface area contributed by atoms with E-state index in [1.807, 2.05) is 13.8 Å². The predicted octanol–water partition coefficient (Wildman–Crippen LogP) is 2.78. The summed E-state index contributed by atoms with van der Waals surface area (Å²) in [7, 11) is 0. The highest BCUT2D eigenvalue weighted by atomic mass is 35.5. The van der Waals surface area contributed by atoms with Gasteiger partial charge in [-0.3, -0.25) is 9.59 Å². The van der Waals surface area contributed by atoms with Crippen molar-refractivity contribution >= 4 is 35.2 Å². The molecule has 1 aromatic rings. The van der Waals surface area contributed by atoms with Crippen LogP contribution in [0.15, 0.2) is 18.2 Å². The fourth-order valence-electron chi connectivity index (χ4n) is 1.55. The number of carboxylic acid groups (broad SMARTS) is 1. The molecule has 1 aromatic carbocycles. The van der Waals surface area contributed by atoms with Crippen LogP contribution in [0.3, 0.4) is 0 Å². The molecule has 3 N–H and O–H groups in total. The first-order chi connectivity index (χ1) is 8.82. The Bertz CT molecular complexity index is 491. The molecule has 0 aliphatic carbocycles. The molecule has 6 heteroatoms. The third kappa shape index (κ3) is 4.44. The molecular formula is C13H16ClNO3S. The molecule has 1 rings (SSSR count). The summed E-state index contributed by atoms with van der Waals surface area (Å²) in [5.74, 6) is -0.852. The molecule has 104 valence electrons. The maximum absolute atomic E-state index is 11.1. The number of rotatable bonds is 6. The minimum absolute atomic E-state index is 0.0335. The number of halogens is 1. The summed E-state index contributed by atoms with van der Waals surface area (Å²) in [5.41, 5.74) is 6.29. The number of carbonyl (C=O) groups is 2. The van der Waals surface area contributed by atoms with Gasteiger partial charge in [-0.2, -0.15) is 0 Å². The van der Waals surface area contributed by atoms with Crippen molar-refractivity contribution in [2.24, 2.45) is 11.7 Å². The zero-order chi connectivity index (χ0) is 14.6. The van der Waals surface area contributed by atoms with Gasteiger partial charge in [-0.1, -0.05) is 31.5 Å². The largest absolute Gasteiger partial charge is 0.480 e. The number of nitrogens with two attached hydrogens (primary N) is 1. The van der Waals surface area contributed by atoms with Gasteiger partial charge in [-0.05, 0) is 23.6 Å². The fourth-order valence-corrected chi connectivity index (χ4v) is 3.01. The number of carbonyl (C=O) groups excluding carboxylic acids is 1. The Morgan fingerprint density at radius 3 is 2.47 bits per heavy atom. The van der Waals surface area contributed by atoms with E-state index in [2.05, 4.69) is 0 Å². The van der Waals surface area contributed by atoms with Crippen molar-refractivity contribution in [3.63, 3.8) is 0 Å². The summed E-state index contributed by atoms with van der Waals surface area (Å²) in [6, 6.07) is 4.80. The van der Waals surface area contributed by atoms with Gasteiger partial charge in [0.25, 0.3) is 0 Å². The SMILES string of the molecule is CC(C)C(SCc1ccc(C(N)=O)cc1Cl)C(=O)O. The van der Waals surface area contributed by atoms with Crippen LogP contribution in [0, 0.1) is 5.92 Å². The van der Waals surface area contributed by atoms with Gasteiger partial charge in [0.15, 0.2) is 0 Å². The van der Waals surface area contributed by atoms with E-state index in [1.54, 1.807) is 12.1 Å². The number of primary amides is 1. The molecule has 0 aliphatic heterocycles. The molecule has 4 nitrogen and oxygen atoms in total. The van der Waals surface area contributed by atoms with Crippen molar-refractivity contribution in [3.8, 4) is 0 Å². The molecule has 1 unspecified atom stereocenters. The van der Waals surface area contributed by atoms with Crippen molar-refractivity contribution < 1.29 is 14.7 Å². The molecule has 0 aliphatic rings. The Balaban J connectivity index is 2.78. The number of hydrogen-bond donors (Lipinski definition) is 2. The molecule has 1 atom stereocenters. The topological polar surface area (TPSA) is 80.4 Å². The highest BCUT2D eigenvalue weighted by molar-refractivity contribution is 7.99. The van der Waals surface area contributed by atoms with Crippen LogP contribution in [0.4, 0.5) is 0 Å². The second kappa shape index (κ2) is 6.82. The van der Waals surface area contributed by atoms with Crippen LogP contribution in [0.25, 0.3) is 0 Å². The third-order valence-corrected chi connectivity index (χ3v) is 4.54. The van der Waals surface area contributed by atoms with Crippen LogP contribution in [0.1, 0.15) is 29.8 Å². The quantitative estimate of drug-likeness (QED) is 0.846. The van der Waals surface area contributed by atoms with E-state index in [1.165, 1.54) is 17.8 Å². The number of thioether (sulfide) groups is 1. The lowest BCUT2D eigenvalue weighted by molar-refractivity contribution is -0.137. The van der Waals surface area contributed by atoms with Gasteiger partial charge >= 0.3 is 5.97 Å². The lowest BCUT2D eigenvalue weighted by Gasteiger charge is -2.16. The van der Waals surface area contributed by atoms with Crippen molar-refractivity contribution in [2.75, 3.05) is 0 Å². The van der Waals surface area contributed by atoms with Gasteiger partial charge in [-0.15, -0.1) is 11.8 Å². The number of aliphatic carboxylic acids is 1. The zero-order valence-electron chi connectivity index (χ0n) is 10.7. The van der Waals surface area contributed by atoms with E-state index in [4.69, 9.17) is 22.4 Å². The molecule has 0 fully saturated rings. The summed E-state index contributed by atoms with van der Waals surface area (Å²) in [4.78, 5) is 22.1. The molecule has 0 saturated heterocycles. The second-order valence-corrected chi connectivity index (χ2v) is 6.02. The molecule has 1 amide bonds. The molecule has 0 radical (unpaired) electrons. The smallest absolute Gasteiger partial charge is 0.316 e. The Labute approximate surface area is 121 Å². The number of amides is 1. The normalized spacial score (nSPS) is 12.4. The van der Waals surface area contributed by atoms with Crippen LogP contribution >= 0.6 is 23.4 Å². The van der Waals surface area contributed by atoms with E-state index in [0.717, 1.165) is 5.56 Å². The highest BCUT2D eigenvalue weighted by Gasteiger charge is 2.22. The first kappa shape index (κ1) is 15.9. The molecule has 19 heavy (non-hydrogen) atoms. The van der Waals surface area contributed by atoms with E-state index in [0.29, 0.717) is 16.3 Å². The summed E-state index contributed by atoms with van der Waals surface area (Å²) < 4.78 is 0. The lowest BCUT2D eigenvalue weighted by Crippen LogP contribution is -2.22. The van der Waals surface area contributed by atoms with Crippen molar-refractivity contribution in [1.29, 1.82) is 0 Å². The van der Waals surface area contributed by atoms with Crippen LogP contribution in [0.5, 0.6) is 0 Å². The van der Waals surface area contributed by atoms with Crippen LogP contribution in [-0.4, -0.2) is 22.2 Å². The maximum Gasteiger partial charge on any atom is 0.316 e. The highest BCUT2D eigenvalue weighted by Crippen LogP contribution is 2.28. The first-order valence-corrected chi connectivity index (χ1v) is 7.18. The summed E-state index contributed by atoms with van der Waals surface area (Å²) >= 11 is 7.37. The van der Waals surface area contributed by atoms with Gasteiger partial charge in [0.05, 0.1) is 0 Å². The molecule has 0 saturated carbocycles. The van der Waals surface area contributed by atoms with Crippen molar-refractivity contribution in [2.45, 2.75) is 24.9 Å². The van der Waals surface area contributed by atoms with Gasteiger partial charge in [0, 0.05) is 16.3 Å². The van der Waals surface area contributed by atoms with E-state index >= 15 is 0 Å². The molecule has 0 bridgehead atoms. The first-order valence-electron chi connectivity index (χ1n) is 5.75. The predicted molar refractivity (Wildman–Crippen MR) is 77.5 cm³/mol. The average Bonchev–Trinajstić information content (AvgIpc) is 2.29. The van der Waals surface area contributed by atoms with E-state index < -0.39 is 17.1 Å². The van der Waals surface area contributed by atoms with Crippen LogP contribution in [0.2, 0.25) is 5.02 Å². The summed E-state index contributed by atoms with van der Waals surface area (Å²) in [6.07, 6.45) is 0. The minimum atomic E-state index is -0.829. The zero-order valence-corrected chi connectivity index (χ0v) is 12.3. The fraction of sp³-hybridized carbons (Fsp3) is 0.385. The maximum atomic E-state index is 11.1. The standard InChI is InChI=1S/C13H16ClNO3S/c1-7(2)11(13(17)18)19-6-9-4-3-8(12(15)16)5-10(9)14/h3-5,7,11H,6H2,1-2H3,(H2,15,16)(H,17,18). The van der Waals surface area contributed by atoms with Crippen molar-refractivity contribution in [1.82, 2.24) is 0 Å². The average molecular weight is 302 g/mol. The van der Waals surface area contributed by atoms with Gasteiger partial charge in [0.1, 0.15) is 5.25 Å². The molecule has 0 heterocycles. The van der Waals surface area contributed by atoms with Gasteiger partial charge < -0.3 is 10.8 Å². The van der Waals surface area contributed by atoms with Crippen LogP contribution in [-0.2, 0) is 10.5 Å². The second-order valence-electron chi connectivity index (χ2n) is 4.48.